The van der Waals surface area contributed by atoms with Crippen LogP contribution in [0.2, 0.25) is 0 Å². The molecule has 0 aromatic heterocycles. The van der Waals surface area contributed by atoms with E-state index >= 15 is 0 Å². The minimum atomic E-state index is -0.112. The molecule has 0 bridgehead atoms. The summed E-state index contributed by atoms with van der Waals surface area (Å²) in [5.41, 5.74) is 6.21. The Morgan fingerprint density at radius 1 is 1.31 bits per heavy atom. The summed E-state index contributed by atoms with van der Waals surface area (Å²) in [6.45, 7) is 10.8. The molecule has 0 aromatic carbocycles. The summed E-state index contributed by atoms with van der Waals surface area (Å²) in [5.74, 6) is 0.479. The third kappa shape index (κ3) is 4.46. The van der Waals surface area contributed by atoms with Gasteiger partial charge in [0.15, 0.2) is 0 Å². The van der Waals surface area contributed by atoms with Crippen molar-refractivity contribution < 1.29 is 4.74 Å². The van der Waals surface area contributed by atoms with Gasteiger partial charge in [-0.1, -0.05) is 13.8 Å². The van der Waals surface area contributed by atoms with E-state index in [0.717, 1.165) is 19.3 Å². The predicted molar refractivity (Wildman–Crippen MR) is 69.5 cm³/mol. The molecular formula is C13H26BNO. The molecule has 92 valence electrons. The average molecular weight is 223 g/mol. The van der Waals surface area contributed by atoms with Crippen LogP contribution in [0.15, 0.2) is 0 Å². The van der Waals surface area contributed by atoms with Crippen LogP contribution < -0.4 is 5.73 Å². The van der Waals surface area contributed by atoms with E-state index in [2.05, 4.69) is 34.6 Å². The molecule has 1 heterocycles. The van der Waals surface area contributed by atoms with Gasteiger partial charge in [0.1, 0.15) is 7.85 Å². The second kappa shape index (κ2) is 4.69. The van der Waals surface area contributed by atoms with Crippen molar-refractivity contribution in [3.8, 4) is 0 Å². The molecule has 2 N–H and O–H groups in total. The van der Waals surface area contributed by atoms with Crippen LogP contribution in [-0.4, -0.2) is 25.5 Å². The maximum Gasteiger partial charge on any atom is 0.109 e. The van der Waals surface area contributed by atoms with E-state index in [1.54, 1.807) is 0 Å². The highest BCUT2D eigenvalue weighted by Crippen LogP contribution is 2.39. The molecule has 1 fully saturated rings. The van der Waals surface area contributed by atoms with E-state index in [4.69, 9.17) is 18.3 Å². The van der Waals surface area contributed by atoms with Crippen molar-refractivity contribution in [3.63, 3.8) is 0 Å². The molecule has 1 saturated heterocycles. The summed E-state index contributed by atoms with van der Waals surface area (Å²) < 4.78 is 5.60. The van der Waals surface area contributed by atoms with Crippen LogP contribution in [0.25, 0.3) is 0 Å². The Hall–Kier alpha value is -0.0151. The van der Waals surface area contributed by atoms with E-state index in [-0.39, 0.29) is 17.0 Å². The third-order valence-corrected chi connectivity index (χ3v) is 3.24. The van der Waals surface area contributed by atoms with Gasteiger partial charge in [0.2, 0.25) is 0 Å². The van der Waals surface area contributed by atoms with Crippen LogP contribution in [0.3, 0.4) is 0 Å². The van der Waals surface area contributed by atoms with Crippen LogP contribution in [0.1, 0.15) is 53.9 Å². The molecule has 1 aliphatic rings. The zero-order valence-corrected chi connectivity index (χ0v) is 11.4. The van der Waals surface area contributed by atoms with Crippen LogP contribution in [-0.2, 0) is 4.74 Å². The van der Waals surface area contributed by atoms with Crippen molar-refractivity contribution in [2.45, 2.75) is 71.5 Å². The van der Waals surface area contributed by atoms with E-state index < -0.39 is 0 Å². The zero-order chi connectivity index (χ0) is 12.6. The maximum atomic E-state index is 6.10. The fraction of sp³-hybridized carbons (Fsp3) is 1.00. The Morgan fingerprint density at radius 2 is 1.88 bits per heavy atom. The van der Waals surface area contributed by atoms with Gasteiger partial charge in [-0.2, -0.15) is 0 Å². The Bertz CT molecular complexity index is 235. The van der Waals surface area contributed by atoms with Crippen molar-refractivity contribution in [2.75, 3.05) is 0 Å². The third-order valence-electron chi connectivity index (χ3n) is 3.24. The fourth-order valence-electron chi connectivity index (χ4n) is 3.21. The molecular weight excluding hydrogens is 197 g/mol. The number of rotatable bonds is 4. The summed E-state index contributed by atoms with van der Waals surface area (Å²) in [5, 5.41) is 0. The normalized spacial score (nSPS) is 32.0. The molecule has 3 atom stereocenters. The SMILES string of the molecule is [B]C1OC(C)CC1CC(C)(C)CC(C)(C)N. The van der Waals surface area contributed by atoms with Crippen LogP contribution >= 0.6 is 0 Å². The summed E-state index contributed by atoms with van der Waals surface area (Å²) in [6.07, 6.45) is 3.49. The smallest absolute Gasteiger partial charge is 0.109 e. The fourth-order valence-corrected chi connectivity index (χ4v) is 3.21. The van der Waals surface area contributed by atoms with E-state index in [9.17, 15) is 0 Å². The number of hydrogen-bond acceptors (Lipinski definition) is 2. The first-order valence-corrected chi connectivity index (χ1v) is 6.29. The van der Waals surface area contributed by atoms with Gasteiger partial charge in [-0.3, -0.25) is 0 Å². The first kappa shape index (κ1) is 14.0. The van der Waals surface area contributed by atoms with E-state index in [0.29, 0.717) is 12.0 Å². The molecule has 0 saturated carbocycles. The molecule has 1 rings (SSSR count). The summed E-state index contributed by atoms with van der Waals surface area (Å²) in [7, 11) is 5.99. The number of ether oxygens (including phenoxy) is 1. The van der Waals surface area contributed by atoms with Crippen LogP contribution in [0.5, 0.6) is 0 Å². The first-order valence-electron chi connectivity index (χ1n) is 6.29. The van der Waals surface area contributed by atoms with Gasteiger partial charge >= 0.3 is 0 Å². The molecule has 16 heavy (non-hydrogen) atoms. The van der Waals surface area contributed by atoms with Gasteiger partial charge in [0.05, 0.1) is 6.10 Å². The minimum absolute atomic E-state index is 0.0878. The molecule has 0 aromatic rings. The lowest BCUT2D eigenvalue weighted by molar-refractivity contribution is 0.0855. The lowest BCUT2D eigenvalue weighted by Gasteiger charge is -2.35. The maximum absolute atomic E-state index is 6.10. The van der Waals surface area contributed by atoms with Crippen molar-refractivity contribution in [1.82, 2.24) is 0 Å². The quantitative estimate of drug-likeness (QED) is 0.743. The van der Waals surface area contributed by atoms with Crippen molar-refractivity contribution in [1.29, 1.82) is 0 Å². The zero-order valence-electron chi connectivity index (χ0n) is 11.4. The van der Waals surface area contributed by atoms with Crippen LogP contribution in [0.4, 0.5) is 0 Å². The topological polar surface area (TPSA) is 35.2 Å². The highest BCUT2D eigenvalue weighted by molar-refractivity contribution is 6.11. The largest absolute Gasteiger partial charge is 0.385 e. The van der Waals surface area contributed by atoms with Crippen LogP contribution in [0, 0.1) is 11.3 Å². The van der Waals surface area contributed by atoms with Gasteiger partial charge < -0.3 is 10.5 Å². The first-order chi connectivity index (χ1) is 7.09. The Morgan fingerprint density at radius 3 is 2.25 bits per heavy atom. The van der Waals surface area contributed by atoms with Gasteiger partial charge in [-0.15, -0.1) is 0 Å². The molecule has 3 unspecified atom stereocenters. The molecule has 1 aliphatic heterocycles. The van der Waals surface area contributed by atoms with Gasteiger partial charge in [-0.05, 0) is 51.4 Å². The highest BCUT2D eigenvalue weighted by Gasteiger charge is 2.35. The van der Waals surface area contributed by atoms with E-state index in [1.807, 2.05) is 0 Å². The lowest BCUT2D eigenvalue weighted by Crippen LogP contribution is -2.38. The molecule has 0 aliphatic carbocycles. The average Bonchev–Trinajstić information content (AvgIpc) is 2.22. The monoisotopic (exact) mass is 223 g/mol. The molecule has 0 spiro atoms. The summed E-state index contributed by atoms with van der Waals surface area (Å²) >= 11 is 0. The standard InChI is InChI=1S/C13H26BNO/c1-9-6-10(11(14)16-9)7-12(2,3)8-13(4,5)15/h9-11H,6-8,15H2,1-5H3. The van der Waals surface area contributed by atoms with Gasteiger partial charge in [0.25, 0.3) is 0 Å². The number of nitrogens with two attached hydrogens (primary N) is 1. The molecule has 0 amide bonds. The summed E-state index contributed by atoms with van der Waals surface area (Å²) in [4.78, 5) is 0. The van der Waals surface area contributed by atoms with Gasteiger partial charge in [0, 0.05) is 11.5 Å². The molecule has 2 radical (unpaired) electrons. The Kier molecular flexibility index (Phi) is 4.12. The minimum Gasteiger partial charge on any atom is -0.385 e. The Labute approximate surface area is 102 Å². The molecule has 2 nitrogen and oxygen atoms in total. The predicted octanol–water partition coefficient (Wildman–Crippen LogP) is 2.45. The second-order valence-corrected chi connectivity index (χ2v) is 6.94. The molecule has 3 heteroatoms. The van der Waals surface area contributed by atoms with Crippen molar-refractivity contribution in [2.24, 2.45) is 17.1 Å². The van der Waals surface area contributed by atoms with Crippen molar-refractivity contribution in [3.05, 3.63) is 0 Å². The number of hydrogen-bond donors (Lipinski definition) is 1. The highest BCUT2D eigenvalue weighted by atomic mass is 16.5. The van der Waals surface area contributed by atoms with E-state index in [1.165, 1.54) is 0 Å². The lowest BCUT2D eigenvalue weighted by atomic mass is 9.70. The van der Waals surface area contributed by atoms with Gasteiger partial charge in [-0.25, -0.2) is 0 Å². The van der Waals surface area contributed by atoms with Crippen molar-refractivity contribution >= 4 is 7.85 Å². The summed E-state index contributed by atoms with van der Waals surface area (Å²) in [6, 6.07) is -0.0878. The second-order valence-electron chi connectivity index (χ2n) is 6.94. The Balaban J connectivity index is 2.52.